The third-order valence-electron chi connectivity index (χ3n) is 3.52. The highest BCUT2D eigenvalue weighted by Crippen LogP contribution is 2.31. The van der Waals surface area contributed by atoms with E-state index in [0.29, 0.717) is 12.2 Å². The van der Waals surface area contributed by atoms with E-state index in [4.69, 9.17) is 0 Å². The van der Waals surface area contributed by atoms with Crippen molar-refractivity contribution in [2.24, 2.45) is 5.92 Å². The lowest BCUT2D eigenvalue weighted by Crippen LogP contribution is -2.45. The molecule has 2 rings (SSSR count). The van der Waals surface area contributed by atoms with Gasteiger partial charge in [0.1, 0.15) is 11.9 Å². The molecule has 0 bridgehead atoms. The molecule has 0 unspecified atom stereocenters. The van der Waals surface area contributed by atoms with E-state index in [-0.39, 0.29) is 17.5 Å². The number of carbonyl (C=O) groups excluding carboxylic acids is 3. The molecular weight excluding hydrogens is 315 g/mol. The highest BCUT2D eigenvalue weighted by Gasteiger charge is 2.30. The van der Waals surface area contributed by atoms with Crippen molar-refractivity contribution < 1.29 is 18.8 Å². The first kappa shape index (κ1) is 17.7. The van der Waals surface area contributed by atoms with Gasteiger partial charge in [-0.1, -0.05) is 0 Å². The van der Waals surface area contributed by atoms with Gasteiger partial charge in [0.05, 0.1) is 5.69 Å². The molecule has 4 amide bonds. The lowest BCUT2D eigenvalue weighted by Gasteiger charge is -2.16. The summed E-state index contributed by atoms with van der Waals surface area (Å²) in [4.78, 5) is 35.0. The Morgan fingerprint density at radius 1 is 1.29 bits per heavy atom. The number of urea groups is 1. The van der Waals surface area contributed by atoms with Crippen LogP contribution >= 0.6 is 0 Å². The van der Waals surface area contributed by atoms with Crippen molar-refractivity contribution in [1.29, 1.82) is 0 Å². The second-order valence-electron chi connectivity index (χ2n) is 5.67. The van der Waals surface area contributed by atoms with Crippen LogP contribution in [-0.4, -0.2) is 30.4 Å². The highest BCUT2D eigenvalue weighted by atomic mass is 19.1. The predicted octanol–water partition coefficient (Wildman–Crippen LogP) is 1.82. The lowest BCUT2D eigenvalue weighted by atomic mass is 10.2. The number of imide groups is 1. The number of benzene rings is 1. The van der Waals surface area contributed by atoms with E-state index in [1.807, 2.05) is 0 Å². The van der Waals surface area contributed by atoms with Crippen molar-refractivity contribution in [3.8, 4) is 0 Å². The van der Waals surface area contributed by atoms with Crippen LogP contribution in [0.3, 0.4) is 0 Å². The Morgan fingerprint density at radius 2 is 2.00 bits per heavy atom. The summed E-state index contributed by atoms with van der Waals surface area (Å²) in [5.41, 5.74) is 0.522. The van der Waals surface area contributed by atoms with Gasteiger partial charge < -0.3 is 16.0 Å². The number of nitrogens with one attached hydrogen (secondary N) is 4. The largest absolute Gasteiger partial charge is 0.374 e. The van der Waals surface area contributed by atoms with Crippen LogP contribution in [0.5, 0.6) is 0 Å². The van der Waals surface area contributed by atoms with Gasteiger partial charge in [-0.05, 0) is 44.9 Å². The zero-order valence-corrected chi connectivity index (χ0v) is 13.6. The second kappa shape index (κ2) is 7.76. The Bertz CT molecular complexity index is 646. The number of amides is 4. The summed E-state index contributed by atoms with van der Waals surface area (Å²) in [5.74, 6) is -1.31. The molecule has 1 fully saturated rings. The van der Waals surface area contributed by atoms with Gasteiger partial charge in [-0.2, -0.15) is 0 Å². The number of hydrogen-bond donors (Lipinski definition) is 4. The zero-order chi connectivity index (χ0) is 17.7. The first-order valence-electron chi connectivity index (χ1n) is 7.86. The van der Waals surface area contributed by atoms with E-state index < -0.39 is 23.8 Å². The molecule has 1 aliphatic rings. The molecular formula is C16H21FN4O3. The molecule has 1 aliphatic carbocycles. The van der Waals surface area contributed by atoms with Crippen LogP contribution in [0.1, 0.15) is 26.7 Å². The third kappa shape index (κ3) is 4.94. The first-order valence-corrected chi connectivity index (χ1v) is 7.86. The minimum atomic E-state index is -0.718. The fourth-order valence-corrected chi connectivity index (χ4v) is 2.03. The predicted molar refractivity (Wildman–Crippen MR) is 88.1 cm³/mol. The molecule has 0 saturated heterocycles. The molecule has 0 aromatic heterocycles. The number of halogens is 1. The van der Waals surface area contributed by atoms with E-state index in [0.717, 1.165) is 12.8 Å². The van der Waals surface area contributed by atoms with E-state index >= 15 is 0 Å². The van der Waals surface area contributed by atoms with Crippen molar-refractivity contribution in [2.75, 3.05) is 17.2 Å². The van der Waals surface area contributed by atoms with Crippen molar-refractivity contribution in [3.05, 3.63) is 24.0 Å². The Labute approximate surface area is 139 Å². The van der Waals surface area contributed by atoms with Crippen molar-refractivity contribution in [2.45, 2.75) is 32.7 Å². The minimum absolute atomic E-state index is 0.0391. The summed E-state index contributed by atoms with van der Waals surface area (Å²) in [7, 11) is 0. The quantitative estimate of drug-likeness (QED) is 0.637. The number of hydrogen-bond acceptors (Lipinski definition) is 4. The lowest BCUT2D eigenvalue weighted by molar-refractivity contribution is -0.120. The van der Waals surface area contributed by atoms with Crippen molar-refractivity contribution in [1.82, 2.24) is 10.6 Å². The standard InChI is InChI=1S/C16H21FN4O3/c1-3-18-16(24)21-14(22)9(2)19-11-6-7-12(17)13(8-11)20-15(23)10-4-5-10/h6-10,19H,3-5H2,1-2H3,(H,20,23)(H2,18,21,22,24)/t9-/m1/s1. The van der Waals surface area contributed by atoms with Gasteiger partial charge in [0.15, 0.2) is 0 Å². The zero-order valence-electron chi connectivity index (χ0n) is 13.6. The van der Waals surface area contributed by atoms with E-state index in [2.05, 4.69) is 21.3 Å². The van der Waals surface area contributed by atoms with Gasteiger partial charge in [0.25, 0.3) is 0 Å². The van der Waals surface area contributed by atoms with E-state index in [9.17, 15) is 18.8 Å². The normalized spacial score (nSPS) is 14.5. The number of anilines is 2. The minimum Gasteiger partial charge on any atom is -0.374 e. The first-order chi connectivity index (χ1) is 11.4. The summed E-state index contributed by atoms with van der Waals surface area (Å²) in [6.45, 7) is 3.71. The van der Waals surface area contributed by atoms with Crippen LogP contribution in [0.2, 0.25) is 0 Å². The molecule has 1 saturated carbocycles. The van der Waals surface area contributed by atoms with Gasteiger partial charge in [-0.25, -0.2) is 9.18 Å². The Kier molecular flexibility index (Phi) is 5.73. The maximum atomic E-state index is 13.8. The Morgan fingerprint density at radius 3 is 2.62 bits per heavy atom. The Balaban J connectivity index is 1.97. The van der Waals surface area contributed by atoms with Crippen molar-refractivity contribution >= 4 is 29.2 Å². The topological polar surface area (TPSA) is 99.3 Å². The van der Waals surface area contributed by atoms with Crippen LogP contribution in [-0.2, 0) is 9.59 Å². The average Bonchev–Trinajstić information content (AvgIpc) is 3.35. The molecule has 8 heteroatoms. The fourth-order valence-electron chi connectivity index (χ4n) is 2.03. The molecule has 0 spiro atoms. The SMILES string of the molecule is CCNC(=O)NC(=O)[C@@H](C)Nc1ccc(F)c(NC(=O)C2CC2)c1. The monoisotopic (exact) mass is 336 g/mol. The summed E-state index contributed by atoms with van der Waals surface area (Å²) >= 11 is 0. The Hall–Kier alpha value is -2.64. The number of rotatable bonds is 6. The van der Waals surface area contributed by atoms with Gasteiger partial charge in [0, 0.05) is 18.2 Å². The van der Waals surface area contributed by atoms with Gasteiger partial charge in [-0.15, -0.1) is 0 Å². The molecule has 1 aromatic carbocycles. The molecule has 0 heterocycles. The molecule has 130 valence electrons. The number of carbonyl (C=O) groups is 3. The van der Waals surface area contributed by atoms with Crippen LogP contribution in [0.15, 0.2) is 18.2 Å². The van der Waals surface area contributed by atoms with Gasteiger partial charge in [0.2, 0.25) is 11.8 Å². The molecule has 1 atom stereocenters. The van der Waals surface area contributed by atoms with Crippen LogP contribution in [0, 0.1) is 11.7 Å². The van der Waals surface area contributed by atoms with Crippen LogP contribution in [0.25, 0.3) is 0 Å². The molecule has 1 aromatic rings. The second-order valence-corrected chi connectivity index (χ2v) is 5.67. The molecule has 0 aliphatic heterocycles. The van der Waals surface area contributed by atoms with Gasteiger partial charge in [-0.3, -0.25) is 14.9 Å². The summed E-state index contributed by atoms with van der Waals surface area (Å²) in [5, 5.41) is 10.1. The van der Waals surface area contributed by atoms with E-state index in [1.165, 1.54) is 18.2 Å². The van der Waals surface area contributed by atoms with Crippen LogP contribution < -0.4 is 21.3 Å². The summed E-state index contributed by atoms with van der Waals surface area (Å²) in [6.07, 6.45) is 1.64. The molecule has 0 radical (unpaired) electrons. The fraction of sp³-hybridized carbons (Fsp3) is 0.438. The maximum Gasteiger partial charge on any atom is 0.321 e. The smallest absolute Gasteiger partial charge is 0.321 e. The summed E-state index contributed by atoms with van der Waals surface area (Å²) < 4.78 is 13.8. The molecule has 4 N–H and O–H groups in total. The average molecular weight is 336 g/mol. The highest BCUT2D eigenvalue weighted by molar-refractivity contribution is 5.98. The van der Waals surface area contributed by atoms with E-state index in [1.54, 1.807) is 13.8 Å². The van der Waals surface area contributed by atoms with Crippen molar-refractivity contribution in [3.63, 3.8) is 0 Å². The molecule has 7 nitrogen and oxygen atoms in total. The molecule has 24 heavy (non-hydrogen) atoms. The summed E-state index contributed by atoms with van der Waals surface area (Å²) in [6, 6.07) is 2.79. The third-order valence-corrected chi connectivity index (χ3v) is 3.52. The van der Waals surface area contributed by atoms with Gasteiger partial charge >= 0.3 is 6.03 Å². The maximum absolute atomic E-state index is 13.8. The van der Waals surface area contributed by atoms with Crippen LogP contribution in [0.4, 0.5) is 20.6 Å².